The highest BCUT2D eigenvalue weighted by molar-refractivity contribution is 6.08. The molecule has 0 atom stereocenters. The SMILES string of the molecule is Cc1[nH]c2ccc(F)cc2c1C(=O)NCCc1noc(C(C)(C)C)n1. The Labute approximate surface area is 144 Å². The van der Waals surface area contributed by atoms with Crippen LogP contribution in [0.4, 0.5) is 4.39 Å². The molecule has 1 aromatic carbocycles. The lowest BCUT2D eigenvalue weighted by Gasteiger charge is -2.10. The van der Waals surface area contributed by atoms with Gasteiger partial charge in [0.15, 0.2) is 5.82 Å². The zero-order chi connectivity index (χ0) is 18.2. The third kappa shape index (κ3) is 3.55. The average Bonchev–Trinajstić information content (AvgIpc) is 3.10. The fourth-order valence-electron chi connectivity index (χ4n) is 2.63. The molecule has 2 aromatic heterocycles. The van der Waals surface area contributed by atoms with Gasteiger partial charge in [0.25, 0.3) is 5.91 Å². The number of aromatic amines is 1. The quantitative estimate of drug-likeness (QED) is 0.761. The summed E-state index contributed by atoms with van der Waals surface area (Å²) in [4.78, 5) is 19.9. The molecular formula is C18H21FN4O2. The number of carbonyl (C=O) groups is 1. The van der Waals surface area contributed by atoms with E-state index in [1.807, 2.05) is 20.8 Å². The third-order valence-electron chi connectivity index (χ3n) is 3.92. The smallest absolute Gasteiger partial charge is 0.253 e. The lowest BCUT2D eigenvalue weighted by molar-refractivity contribution is 0.0955. The highest BCUT2D eigenvalue weighted by Gasteiger charge is 2.22. The second kappa shape index (κ2) is 6.31. The number of amides is 1. The number of aromatic nitrogens is 3. The van der Waals surface area contributed by atoms with Crippen LogP contribution in [0, 0.1) is 12.7 Å². The lowest BCUT2D eigenvalue weighted by atomic mass is 9.97. The Morgan fingerprint density at radius 3 is 2.80 bits per heavy atom. The van der Waals surface area contributed by atoms with Gasteiger partial charge in [-0.25, -0.2) is 4.39 Å². The van der Waals surface area contributed by atoms with Crippen molar-refractivity contribution >= 4 is 16.8 Å². The van der Waals surface area contributed by atoms with E-state index in [4.69, 9.17) is 4.52 Å². The fourth-order valence-corrected chi connectivity index (χ4v) is 2.63. The number of carbonyl (C=O) groups excluding carboxylic acids is 1. The molecule has 0 spiro atoms. The van der Waals surface area contributed by atoms with Crippen LogP contribution in [-0.4, -0.2) is 27.6 Å². The van der Waals surface area contributed by atoms with Crippen LogP contribution >= 0.6 is 0 Å². The van der Waals surface area contributed by atoms with Crippen molar-refractivity contribution in [1.82, 2.24) is 20.4 Å². The molecule has 0 radical (unpaired) electrons. The summed E-state index contributed by atoms with van der Waals surface area (Å²) in [5, 5.41) is 7.33. The largest absolute Gasteiger partial charge is 0.358 e. The molecule has 132 valence electrons. The van der Waals surface area contributed by atoms with Crippen LogP contribution in [0.3, 0.4) is 0 Å². The number of benzene rings is 1. The Bertz CT molecular complexity index is 921. The number of nitrogens with zero attached hydrogens (tertiary/aromatic N) is 2. The molecule has 0 aliphatic rings. The molecule has 3 rings (SSSR count). The van der Waals surface area contributed by atoms with Crippen molar-refractivity contribution in [3.05, 3.63) is 47.0 Å². The molecule has 0 unspecified atom stereocenters. The van der Waals surface area contributed by atoms with E-state index >= 15 is 0 Å². The van der Waals surface area contributed by atoms with Crippen molar-refractivity contribution in [2.24, 2.45) is 0 Å². The van der Waals surface area contributed by atoms with Crippen molar-refractivity contribution in [1.29, 1.82) is 0 Å². The maximum atomic E-state index is 13.5. The van der Waals surface area contributed by atoms with Gasteiger partial charge in [0.05, 0.1) is 5.56 Å². The summed E-state index contributed by atoms with van der Waals surface area (Å²) >= 11 is 0. The van der Waals surface area contributed by atoms with Crippen LogP contribution in [0.15, 0.2) is 22.7 Å². The van der Waals surface area contributed by atoms with Gasteiger partial charge in [-0.3, -0.25) is 4.79 Å². The Morgan fingerprint density at radius 1 is 1.36 bits per heavy atom. The van der Waals surface area contributed by atoms with Gasteiger partial charge in [-0.2, -0.15) is 4.98 Å². The van der Waals surface area contributed by atoms with Gasteiger partial charge >= 0.3 is 0 Å². The number of hydrogen-bond acceptors (Lipinski definition) is 4. The van der Waals surface area contributed by atoms with Gasteiger partial charge in [-0.15, -0.1) is 0 Å². The second-order valence-electron chi connectivity index (χ2n) is 7.09. The van der Waals surface area contributed by atoms with Crippen LogP contribution in [0.25, 0.3) is 10.9 Å². The predicted molar refractivity (Wildman–Crippen MR) is 92.0 cm³/mol. The summed E-state index contributed by atoms with van der Waals surface area (Å²) in [6.07, 6.45) is 0.459. The summed E-state index contributed by atoms with van der Waals surface area (Å²) in [7, 11) is 0. The molecule has 0 saturated heterocycles. The number of rotatable bonds is 4. The molecule has 0 aliphatic heterocycles. The summed E-state index contributed by atoms with van der Waals surface area (Å²) in [6.45, 7) is 8.13. The van der Waals surface area contributed by atoms with Crippen molar-refractivity contribution in [2.75, 3.05) is 6.54 Å². The van der Waals surface area contributed by atoms with Gasteiger partial charge in [0.2, 0.25) is 5.89 Å². The van der Waals surface area contributed by atoms with Crippen LogP contribution in [0.2, 0.25) is 0 Å². The molecule has 25 heavy (non-hydrogen) atoms. The zero-order valence-electron chi connectivity index (χ0n) is 14.7. The van der Waals surface area contributed by atoms with Crippen molar-refractivity contribution < 1.29 is 13.7 Å². The van der Waals surface area contributed by atoms with Crippen LogP contribution in [0.1, 0.15) is 48.5 Å². The standard InChI is InChI=1S/C18H21FN4O2/c1-10-15(12-9-11(19)5-6-13(12)21-10)16(24)20-8-7-14-22-17(25-23-14)18(2,3)4/h5-6,9,21H,7-8H2,1-4H3,(H,20,24). The molecule has 7 heteroatoms. The summed E-state index contributed by atoms with van der Waals surface area (Å²) in [6, 6.07) is 4.35. The molecule has 2 heterocycles. The Balaban J connectivity index is 1.68. The summed E-state index contributed by atoms with van der Waals surface area (Å²) < 4.78 is 18.7. The Kier molecular flexibility index (Phi) is 4.32. The highest BCUT2D eigenvalue weighted by atomic mass is 19.1. The third-order valence-corrected chi connectivity index (χ3v) is 3.92. The van der Waals surface area contributed by atoms with Gasteiger partial charge in [-0.1, -0.05) is 25.9 Å². The first-order valence-electron chi connectivity index (χ1n) is 8.15. The normalized spacial score (nSPS) is 11.9. The number of halogens is 1. The first-order valence-corrected chi connectivity index (χ1v) is 8.15. The van der Waals surface area contributed by atoms with E-state index in [0.717, 1.165) is 5.52 Å². The topological polar surface area (TPSA) is 83.8 Å². The average molecular weight is 344 g/mol. The second-order valence-corrected chi connectivity index (χ2v) is 7.09. The first kappa shape index (κ1) is 17.1. The Morgan fingerprint density at radius 2 is 2.12 bits per heavy atom. The van der Waals surface area contributed by atoms with E-state index < -0.39 is 0 Å². The van der Waals surface area contributed by atoms with E-state index in [1.165, 1.54) is 12.1 Å². The molecule has 1 amide bonds. The van der Waals surface area contributed by atoms with Crippen molar-refractivity contribution in [2.45, 2.75) is 39.5 Å². The molecular weight excluding hydrogens is 323 g/mol. The number of hydrogen-bond donors (Lipinski definition) is 2. The van der Waals surface area contributed by atoms with E-state index in [-0.39, 0.29) is 17.1 Å². The van der Waals surface area contributed by atoms with E-state index in [0.29, 0.717) is 41.3 Å². The monoisotopic (exact) mass is 344 g/mol. The molecule has 2 N–H and O–H groups in total. The zero-order valence-corrected chi connectivity index (χ0v) is 14.7. The minimum absolute atomic E-state index is 0.209. The highest BCUT2D eigenvalue weighted by Crippen LogP contribution is 2.23. The maximum absolute atomic E-state index is 13.5. The number of nitrogens with one attached hydrogen (secondary N) is 2. The maximum Gasteiger partial charge on any atom is 0.253 e. The molecule has 3 aromatic rings. The summed E-state index contributed by atoms with van der Waals surface area (Å²) in [5.74, 6) is 0.486. The van der Waals surface area contributed by atoms with Gasteiger partial charge in [0.1, 0.15) is 5.82 Å². The van der Waals surface area contributed by atoms with Gasteiger partial charge < -0.3 is 14.8 Å². The Hall–Kier alpha value is -2.70. The van der Waals surface area contributed by atoms with E-state index in [2.05, 4.69) is 20.4 Å². The van der Waals surface area contributed by atoms with Gasteiger partial charge in [-0.05, 0) is 25.1 Å². The number of H-pyrrole nitrogens is 1. The minimum Gasteiger partial charge on any atom is -0.358 e. The van der Waals surface area contributed by atoms with Crippen molar-refractivity contribution in [3.63, 3.8) is 0 Å². The van der Waals surface area contributed by atoms with Crippen LogP contribution in [-0.2, 0) is 11.8 Å². The summed E-state index contributed by atoms with van der Waals surface area (Å²) in [5.41, 5.74) is 1.68. The number of fused-ring (bicyclic) bond motifs is 1. The van der Waals surface area contributed by atoms with E-state index in [9.17, 15) is 9.18 Å². The number of aryl methyl sites for hydroxylation is 1. The molecule has 0 aliphatic carbocycles. The molecule has 0 saturated carbocycles. The van der Waals surface area contributed by atoms with Crippen LogP contribution < -0.4 is 5.32 Å². The molecule has 6 nitrogen and oxygen atoms in total. The predicted octanol–water partition coefficient (Wildman–Crippen LogP) is 3.27. The van der Waals surface area contributed by atoms with Crippen LogP contribution in [0.5, 0.6) is 0 Å². The first-order chi connectivity index (χ1) is 11.8. The van der Waals surface area contributed by atoms with E-state index in [1.54, 1.807) is 13.0 Å². The van der Waals surface area contributed by atoms with Crippen molar-refractivity contribution in [3.8, 4) is 0 Å². The minimum atomic E-state index is -0.373. The lowest BCUT2D eigenvalue weighted by Crippen LogP contribution is -2.26. The molecule has 0 bridgehead atoms. The molecule has 0 fully saturated rings. The fraction of sp³-hybridized carbons (Fsp3) is 0.389. The van der Waals surface area contributed by atoms with Gasteiger partial charge in [0, 0.05) is 35.0 Å².